The minimum Gasteiger partial charge on any atom is -0.312 e. The molecule has 0 radical (unpaired) electrons. The Bertz CT molecular complexity index is 3010. The molecule has 3 heterocycles. The molecule has 0 saturated heterocycles. The number of nitrogens with zero attached hydrogens (tertiary/aromatic N) is 4. The van der Waals surface area contributed by atoms with Gasteiger partial charge in [-0.3, -0.25) is 9.55 Å². The molecule has 5 aromatic carbocycles. The van der Waals surface area contributed by atoms with E-state index in [1.54, 1.807) is 0 Å². The molecule has 266 valence electrons. The number of pyridine rings is 1. The maximum absolute atomic E-state index is 5.21. The summed E-state index contributed by atoms with van der Waals surface area (Å²) < 4.78 is 4.95. The van der Waals surface area contributed by atoms with Crippen LogP contribution in [0.4, 0.5) is 0 Å². The van der Waals surface area contributed by atoms with Gasteiger partial charge in [0.1, 0.15) is 5.82 Å². The van der Waals surface area contributed by atoms with E-state index in [-0.39, 0.29) is 5.92 Å². The Morgan fingerprint density at radius 1 is 0.625 bits per heavy atom. The Hall–Kier alpha value is -6.78. The summed E-state index contributed by atoms with van der Waals surface area (Å²) in [6.45, 7) is 0. The van der Waals surface area contributed by atoms with Crippen molar-refractivity contribution in [2.24, 2.45) is 5.92 Å². The van der Waals surface area contributed by atoms with Crippen LogP contribution in [0, 0.1) is 5.92 Å². The number of fused-ring (bicyclic) bond motifs is 12. The Morgan fingerprint density at radius 2 is 1.41 bits per heavy atom. The van der Waals surface area contributed by atoms with Gasteiger partial charge in [0.05, 0.1) is 22.2 Å². The fourth-order valence-corrected chi connectivity index (χ4v) is 10.2. The number of imidazole rings is 1. The molecule has 2 atom stereocenters. The topological polar surface area (TPSA) is 35.6 Å². The third-order valence-corrected chi connectivity index (χ3v) is 12.5. The van der Waals surface area contributed by atoms with Crippen LogP contribution < -0.4 is 0 Å². The van der Waals surface area contributed by atoms with Crippen LogP contribution in [-0.2, 0) is 12.8 Å². The molecule has 4 heteroatoms. The summed E-state index contributed by atoms with van der Waals surface area (Å²) in [6, 6.07) is 46.1. The molecule has 56 heavy (non-hydrogen) atoms. The van der Waals surface area contributed by atoms with E-state index in [1.807, 2.05) is 12.3 Å². The molecular formula is C52H38N4. The van der Waals surface area contributed by atoms with Crippen LogP contribution in [-0.4, -0.2) is 19.1 Å². The van der Waals surface area contributed by atoms with Gasteiger partial charge >= 0.3 is 0 Å². The molecule has 4 aliphatic rings. The molecular weight excluding hydrogens is 681 g/mol. The van der Waals surface area contributed by atoms with Gasteiger partial charge in [-0.2, -0.15) is 0 Å². The van der Waals surface area contributed by atoms with Crippen molar-refractivity contribution < 1.29 is 0 Å². The summed E-state index contributed by atoms with van der Waals surface area (Å²) in [5, 5.41) is 1.35. The van der Waals surface area contributed by atoms with Crippen LogP contribution in [0.25, 0.3) is 72.7 Å². The van der Waals surface area contributed by atoms with Crippen molar-refractivity contribution in [2.45, 2.75) is 31.6 Å². The predicted molar refractivity (Wildman–Crippen MR) is 229 cm³/mol. The quantitative estimate of drug-likeness (QED) is 0.182. The zero-order valence-corrected chi connectivity index (χ0v) is 30.9. The lowest BCUT2D eigenvalue weighted by atomic mass is 9.69. The number of aryl methyl sites for hydroxylation is 2. The zero-order chi connectivity index (χ0) is 36.7. The second-order valence-electron chi connectivity index (χ2n) is 15.5. The van der Waals surface area contributed by atoms with Gasteiger partial charge in [0.15, 0.2) is 0 Å². The molecule has 0 aliphatic heterocycles. The van der Waals surface area contributed by atoms with Crippen molar-refractivity contribution in [2.75, 3.05) is 0 Å². The van der Waals surface area contributed by atoms with E-state index in [4.69, 9.17) is 9.97 Å². The maximum atomic E-state index is 5.21. The van der Waals surface area contributed by atoms with Crippen LogP contribution in [0.3, 0.4) is 0 Å². The molecule has 0 fully saturated rings. The van der Waals surface area contributed by atoms with Crippen molar-refractivity contribution in [3.63, 3.8) is 0 Å². The van der Waals surface area contributed by atoms with E-state index in [0.717, 1.165) is 59.5 Å². The zero-order valence-electron chi connectivity index (χ0n) is 30.9. The van der Waals surface area contributed by atoms with Crippen LogP contribution in [0.2, 0.25) is 0 Å². The molecule has 0 N–H and O–H groups in total. The monoisotopic (exact) mass is 718 g/mol. The van der Waals surface area contributed by atoms with E-state index in [9.17, 15) is 0 Å². The minimum absolute atomic E-state index is 0.218. The maximum Gasteiger partial charge on any atom is 0.145 e. The SMILES string of the molecule is C1=CC2C3=C(CCC=C3)c3c(n(-c4ccc(-c5nc6ccccc6n5-c5ccccc5)cc4)c4c5c(c(-c6ccccn6)cc34)-c3ccccc3CC5)C2C=C1. The number of para-hydroxylation sites is 3. The third kappa shape index (κ3) is 4.59. The number of benzene rings is 5. The van der Waals surface area contributed by atoms with Gasteiger partial charge in [-0.05, 0) is 126 Å². The molecule has 0 spiro atoms. The normalized spacial score (nSPS) is 17.8. The summed E-state index contributed by atoms with van der Waals surface area (Å²) in [6.07, 6.45) is 20.2. The van der Waals surface area contributed by atoms with Crippen LogP contribution in [0.15, 0.2) is 176 Å². The summed E-state index contributed by atoms with van der Waals surface area (Å²) >= 11 is 0. The van der Waals surface area contributed by atoms with Gasteiger partial charge in [0.25, 0.3) is 0 Å². The summed E-state index contributed by atoms with van der Waals surface area (Å²) in [4.78, 5) is 10.2. The van der Waals surface area contributed by atoms with Gasteiger partial charge < -0.3 is 4.57 Å². The minimum atomic E-state index is 0.218. The smallest absolute Gasteiger partial charge is 0.145 e. The van der Waals surface area contributed by atoms with Crippen LogP contribution >= 0.6 is 0 Å². The first-order chi connectivity index (χ1) is 27.8. The van der Waals surface area contributed by atoms with E-state index < -0.39 is 0 Å². The van der Waals surface area contributed by atoms with E-state index in [2.05, 4.69) is 167 Å². The predicted octanol–water partition coefficient (Wildman–Crippen LogP) is 12.4. The van der Waals surface area contributed by atoms with Crippen molar-refractivity contribution in [3.8, 4) is 45.1 Å². The average Bonchev–Trinajstić information content (AvgIpc) is 3.84. The average molecular weight is 719 g/mol. The molecule has 4 nitrogen and oxygen atoms in total. The van der Waals surface area contributed by atoms with Crippen molar-refractivity contribution in [1.82, 2.24) is 19.1 Å². The van der Waals surface area contributed by atoms with Crippen molar-refractivity contribution in [3.05, 3.63) is 198 Å². The fourth-order valence-electron chi connectivity index (χ4n) is 10.2. The van der Waals surface area contributed by atoms with Crippen LogP contribution in [0.1, 0.15) is 41.1 Å². The molecule has 2 unspecified atom stereocenters. The highest BCUT2D eigenvalue weighted by atomic mass is 15.1. The van der Waals surface area contributed by atoms with Crippen molar-refractivity contribution in [1.29, 1.82) is 0 Å². The van der Waals surface area contributed by atoms with E-state index in [1.165, 1.54) is 66.8 Å². The highest BCUT2D eigenvalue weighted by Crippen LogP contribution is 2.55. The second-order valence-corrected chi connectivity index (χ2v) is 15.5. The number of hydrogen-bond donors (Lipinski definition) is 0. The Labute approximate surface area is 326 Å². The van der Waals surface area contributed by atoms with Gasteiger partial charge in [0, 0.05) is 57.2 Å². The number of rotatable bonds is 4. The first-order valence-electron chi connectivity index (χ1n) is 19.9. The standard InChI is InChI=1S/C52H38N4/c1-2-15-35(16-3-1)55-47-24-11-10-23-46(47)54-52(55)34-25-28-36(29-26-34)56-50-42-30-27-33-14-4-5-17-37(33)48(42)43(45-22-12-13-31-53-45)32-44(50)49-40-20-8-6-18-38(40)39-19-7-9-21-41(39)51(49)56/h1-7,9-19,21-26,28-29,31-32,39,41H,8,20,27,30H2. The van der Waals surface area contributed by atoms with Crippen molar-refractivity contribution >= 4 is 27.5 Å². The first kappa shape index (κ1) is 31.6. The fraction of sp³-hybridized carbons (Fsp3) is 0.115. The van der Waals surface area contributed by atoms with Gasteiger partial charge in [-0.25, -0.2) is 4.98 Å². The highest BCUT2D eigenvalue weighted by Gasteiger charge is 2.39. The lowest BCUT2D eigenvalue weighted by molar-refractivity contribution is 0.630. The van der Waals surface area contributed by atoms with Gasteiger partial charge in [0.2, 0.25) is 0 Å². The molecule has 8 aromatic rings. The lowest BCUT2D eigenvalue weighted by Gasteiger charge is -2.35. The number of hydrogen-bond acceptors (Lipinski definition) is 2. The van der Waals surface area contributed by atoms with E-state index in [0.29, 0.717) is 5.92 Å². The van der Waals surface area contributed by atoms with E-state index >= 15 is 0 Å². The highest BCUT2D eigenvalue weighted by molar-refractivity contribution is 6.07. The Kier molecular flexibility index (Phi) is 6.97. The third-order valence-electron chi connectivity index (χ3n) is 12.5. The molecule has 4 aliphatic carbocycles. The molecule has 0 bridgehead atoms. The van der Waals surface area contributed by atoms with Gasteiger partial charge in [-0.1, -0.05) is 97.1 Å². The van der Waals surface area contributed by atoms with Crippen LogP contribution in [0.5, 0.6) is 0 Å². The molecule has 0 amide bonds. The summed E-state index contributed by atoms with van der Waals surface area (Å²) in [7, 11) is 0. The largest absolute Gasteiger partial charge is 0.312 e. The summed E-state index contributed by atoms with van der Waals surface area (Å²) in [5.41, 5.74) is 20.4. The number of aromatic nitrogens is 4. The Balaban J connectivity index is 1.16. The van der Waals surface area contributed by atoms with Gasteiger partial charge in [-0.15, -0.1) is 0 Å². The second kappa shape index (κ2) is 12.4. The molecule has 12 rings (SSSR count). The first-order valence-corrected chi connectivity index (χ1v) is 19.9. The summed E-state index contributed by atoms with van der Waals surface area (Å²) in [5.74, 6) is 1.47. The number of allylic oxidation sites excluding steroid dienone is 8. The molecule has 3 aromatic heterocycles. The molecule has 0 saturated carbocycles. The Morgan fingerprint density at radius 3 is 2.29 bits per heavy atom. The lowest BCUT2D eigenvalue weighted by Crippen LogP contribution is -2.23.